The van der Waals surface area contributed by atoms with Gasteiger partial charge in [0.1, 0.15) is 16.9 Å². The number of aromatic amines is 1. The number of carbonyl (C=O) groups is 2. The molecule has 0 aliphatic rings. The summed E-state index contributed by atoms with van der Waals surface area (Å²) in [4.78, 5) is 51.0. The first-order valence-corrected chi connectivity index (χ1v) is 11.3. The molecule has 2 heterocycles. The number of nitrogens with zero attached hydrogens (tertiary/aromatic N) is 2. The number of H-pyrrole nitrogens is 1. The first-order valence-electron chi connectivity index (χ1n) is 10.9. The van der Waals surface area contributed by atoms with Crippen molar-refractivity contribution < 1.29 is 29.3 Å². The Morgan fingerprint density at radius 1 is 1.03 bits per heavy atom. The number of para-hydroxylation sites is 1. The van der Waals surface area contributed by atoms with E-state index < -0.39 is 45.6 Å². The lowest BCUT2D eigenvalue weighted by Crippen LogP contribution is -2.24. The van der Waals surface area contributed by atoms with Gasteiger partial charge in [-0.15, -0.1) is 0 Å². The summed E-state index contributed by atoms with van der Waals surface area (Å²) in [7, 11) is 0. The highest BCUT2D eigenvalue weighted by Crippen LogP contribution is 2.39. The van der Waals surface area contributed by atoms with Gasteiger partial charge < -0.3 is 30.4 Å². The molecule has 0 aliphatic carbocycles. The number of rotatable bonds is 8. The molecule has 13 heteroatoms. The van der Waals surface area contributed by atoms with E-state index in [2.05, 4.69) is 5.10 Å². The lowest BCUT2D eigenvalue weighted by Gasteiger charge is -2.16. The zero-order valence-electron chi connectivity index (χ0n) is 19.6. The van der Waals surface area contributed by atoms with Crippen LogP contribution in [0.3, 0.4) is 0 Å². The van der Waals surface area contributed by atoms with Gasteiger partial charge in [-0.3, -0.25) is 9.59 Å². The average molecular weight is 539 g/mol. The molecular formula is C25H19ClN4O8. The normalized spacial score (nSPS) is 10.7. The van der Waals surface area contributed by atoms with Crippen molar-refractivity contribution in [1.82, 2.24) is 14.8 Å². The Morgan fingerprint density at radius 3 is 2.34 bits per heavy atom. The number of carboxylic acids is 2. The Labute approximate surface area is 218 Å². The van der Waals surface area contributed by atoms with Crippen molar-refractivity contribution in [2.75, 3.05) is 12.3 Å². The van der Waals surface area contributed by atoms with Crippen molar-refractivity contribution in [2.45, 2.75) is 6.92 Å². The van der Waals surface area contributed by atoms with Crippen molar-refractivity contribution in [1.29, 1.82) is 0 Å². The quantitative estimate of drug-likeness (QED) is 0.259. The molecule has 0 saturated heterocycles. The Kier molecular flexibility index (Phi) is 7.17. The van der Waals surface area contributed by atoms with E-state index in [0.29, 0.717) is 5.69 Å². The van der Waals surface area contributed by atoms with Gasteiger partial charge >= 0.3 is 11.9 Å². The number of nitrogens with two attached hydrogens (primary N) is 1. The number of benzene rings is 2. The first-order chi connectivity index (χ1) is 18.1. The van der Waals surface area contributed by atoms with E-state index in [0.717, 1.165) is 4.68 Å². The summed E-state index contributed by atoms with van der Waals surface area (Å²) in [6.07, 6.45) is 1.24. The van der Waals surface area contributed by atoms with Crippen LogP contribution in [0.5, 0.6) is 17.2 Å². The standard InChI is InChI=1S/C25H19ClN4O8/c1-2-37-15-10-12(17-18(24(33)34)21(27)29-22(31)19(17)25(35)36)8-9-14(15)38-16-11-28-30(23(32)20(16)26)13-6-4-3-5-7-13/h3-11H,2H2,1H3,(H,33,34)(H,35,36)(H3,27,29,31). The molecule has 0 spiro atoms. The Hall–Kier alpha value is -5.10. The summed E-state index contributed by atoms with van der Waals surface area (Å²) in [6, 6.07) is 12.6. The third kappa shape index (κ3) is 4.80. The molecule has 4 rings (SSSR count). The number of pyridine rings is 1. The van der Waals surface area contributed by atoms with Crippen molar-refractivity contribution in [3.05, 3.63) is 91.6 Å². The smallest absolute Gasteiger partial charge is 0.342 e. The van der Waals surface area contributed by atoms with Crippen LogP contribution < -0.4 is 26.3 Å². The Morgan fingerprint density at radius 2 is 1.71 bits per heavy atom. The van der Waals surface area contributed by atoms with Crippen molar-refractivity contribution in [2.24, 2.45) is 0 Å². The molecule has 0 radical (unpaired) electrons. The Balaban J connectivity index is 1.83. The van der Waals surface area contributed by atoms with E-state index in [1.54, 1.807) is 37.3 Å². The van der Waals surface area contributed by atoms with Gasteiger partial charge in [-0.2, -0.15) is 9.78 Å². The molecule has 194 valence electrons. The lowest BCUT2D eigenvalue weighted by molar-refractivity contribution is 0.0695. The maximum Gasteiger partial charge on any atom is 0.342 e. The molecule has 0 fully saturated rings. The van der Waals surface area contributed by atoms with Gasteiger partial charge in [0.2, 0.25) is 0 Å². The van der Waals surface area contributed by atoms with E-state index in [9.17, 15) is 29.4 Å². The molecule has 0 saturated carbocycles. The summed E-state index contributed by atoms with van der Waals surface area (Å²) >= 11 is 6.28. The number of hydrogen-bond acceptors (Lipinski definition) is 8. The molecule has 2 aromatic carbocycles. The molecule has 5 N–H and O–H groups in total. The fraction of sp³-hybridized carbons (Fsp3) is 0.0800. The van der Waals surface area contributed by atoms with E-state index in [-0.39, 0.29) is 34.4 Å². The highest BCUT2D eigenvalue weighted by atomic mass is 35.5. The lowest BCUT2D eigenvalue weighted by atomic mass is 9.95. The number of aromatic nitrogens is 3. The highest BCUT2D eigenvalue weighted by molar-refractivity contribution is 6.31. The molecule has 0 amide bonds. The number of anilines is 1. The van der Waals surface area contributed by atoms with Crippen LogP contribution in [0, 0.1) is 0 Å². The van der Waals surface area contributed by atoms with Gasteiger partial charge in [0, 0.05) is 5.56 Å². The second-order valence-electron chi connectivity index (χ2n) is 7.68. The second-order valence-corrected chi connectivity index (χ2v) is 8.05. The van der Waals surface area contributed by atoms with Gasteiger partial charge in [-0.1, -0.05) is 35.9 Å². The zero-order chi connectivity index (χ0) is 27.6. The van der Waals surface area contributed by atoms with Crippen LogP contribution in [0.2, 0.25) is 5.02 Å². The molecule has 0 bridgehead atoms. The number of carboxylic acid groups (broad SMARTS) is 2. The van der Waals surface area contributed by atoms with E-state index >= 15 is 0 Å². The maximum atomic E-state index is 12.8. The molecule has 38 heavy (non-hydrogen) atoms. The summed E-state index contributed by atoms with van der Waals surface area (Å²) in [6.45, 7) is 1.80. The molecule has 4 aromatic rings. The minimum atomic E-state index is -1.65. The molecule has 12 nitrogen and oxygen atoms in total. The average Bonchev–Trinajstić information content (AvgIpc) is 2.87. The first kappa shape index (κ1) is 26.0. The summed E-state index contributed by atoms with van der Waals surface area (Å²) in [5, 5.41) is 23.1. The number of ether oxygens (including phenoxy) is 2. The van der Waals surface area contributed by atoms with Crippen LogP contribution >= 0.6 is 11.6 Å². The maximum absolute atomic E-state index is 12.8. The number of hydrogen-bond donors (Lipinski definition) is 4. The number of halogens is 1. The van der Waals surface area contributed by atoms with E-state index in [4.69, 9.17) is 26.8 Å². The van der Waals surface area contributed by atoms with Crippen LogP contribution in [0.1, 0.15) is 27.6 Å². The highest BCUT2D eigenvalue weighted by Gasteiger charge is 2.27. The minimum absolute atomic E-state index is 0.0112. The SMILES string of the molecule is CCOc1cc(-c2c(C(=O)O)c(N)[nH]c(=O)c2C(=O)O)ccc1Oc1cnn(-c2ccccc2)c(=O)c1Cl. The molecule has 0 unspecified atom stereocenters. The van der Waals surface area contributed by atoms with Gasteiger partial charge in [0.05, 0.1) is 18.5 Å². The minimum Gasteiger partial charge on any atom is -0.490 e. The van der Waals surface area contributed by atoms with E-state index in [1.165, 1.54) is 24.4 Å². The number of nitrogens with one attached hydrogen (secondary N) is 1. The van der Waals surface area contributed by atoms with Gasteiger partial charge in [-0.25, -0.2) is 9.59 Å². The summed E-state index contributed by atoms with van der Waals surface area (Å²) in [5.41, 5.74) is 2.66. The third-order valence-electron chi connectivity index (χ3n) is 5.31. The molecule has 0 aliphatic heterocycles. The van der Waals surface area contributed by atoms with Crippen LogP contribution in [0.15, 0.2) is 64.3 Å². The van der Waals surface area contributed by atoms with Crippen LogP contribution in [0.25, 0.3) is 16.8 Å². The largest absolute Gasteiger partial charge is 0.490 e. The van der Waals surface area contributed by atoms with E-state index in [1.807, 2.05) is 4.98 Å². The fourth-order valence-corrected chi connectivity index (χ4v) is 3.88. The van der Waals surface area contributed by atoms with Crippen LogP contribution in [-0.4, -0.2) is 43.5 Å². The topological polar surface area (TPSA) is 187 Å². The van der Waals surface area contributed by atoms with Crippen LogP contribution in [0.4, 0.5) is 5.82 Å². The zero-order valence-corrected chi connectivity index (χ0v) is 20.4. The molecular weight excluding hydrogens is 520 g/mol. The van der Waals surface area contributed by atoms with Gasteiger partial charge in [0.25, 0.3) is 11.1 Å². The second kappa shape index (κ2) is 10.5. The summed E-state index contributed by atoms with van der Waals surface area (Å²) < 4.78 is 12.5. The van der Waals surface area contributed by atoms with Gasteiger partial charge in [0.15, 0.2) is 22.3 Å². The Bertz CT molecular complexity index is 1680. The fourth-order valence-electron chi connectivity index (χ4n) is 3.71. The van der Waals surface area contributed by atoms with Crippen molar-refractivity contribution in [3.63, 3.8) is 0 Å². The monoisotopic (exact) mass is 538 g/mol. The van der Waals surface area contributed by atoms with Crippen molar-refractivity contribution >= 4 is 29.4 Å². The van der Waals surface area contributed by atoms with Crippen molar-refractivity contribution in [3.8, 4) is 34.1 Å². The number of aromatic carboxylic acids is 2. The predicted molar refractivity (Wildman–Crippen MR) is 137 cm³/mol. The number of nitrogen functional groups attached to an aromatic ring is 1. The molecule has 0 atom stereocenters. The van der Waals surface area contributed by atoms with Crippen LogP contribution in [-0.2, 0) is 0 Å². The van der Waals surface area contributed by atoms with Gasteiger partial charge in [-0.05, 0) is 36.8 Å². The summed E-state index contributed by atoms with van der Waals surface area (Å²) in [5.74, 6) is -3.71. The molecule has 2 aromatic heterocycles. The predicted octanol–water partition coefficient (Wildman–Crippen LogP) is 3.41. The third-order valence-corrected chi connectivity index (χ3v) is 5.66.